The van der Waals surface area contributed by atoms with Gasteiger partial charge in [0.1, 0.15) is 12.4 Å². The fourth-order valence-electron chi connectivity index (χ4n) is 2.94. The number of aromatic nitrogens is 2. The number of carbonyl (C=O) groups excluding carboxylic acids is 2. The van der Waals surface area contributed by atoms with Gasteiger partial charge in [-0.25, -0.2) is 4.98 Å². The van der Waals surface area contributed by atoms with Crippen LogP contribution in [0.5, 0.6) is 0 Å². The molecule has 2 amide bonds. The van der Waals surface area contributed by atoms with Crippen molar-refractivity contribution in [3.05, 3.63) is 39.6 Å². The maximum Gasteiger partial charge on any atom is 0.263 e. The summed E-state index contributed by atoms with van der Waals surface area (Å²) in [6.45, 7) is 1.42. The van der Waals surface area contributed by atoms with Gasteiger partial charge in [0.05, 0.1) is 9.21 Å². The molecule has 2 aromatic heterocycles. The lowest BCUT2D eigenvalue weighted by Crippen LogP contribution is -2.39. The Morgan fingerprint density at radius 1 is 1.43 bits per heavy atom. The Labute approximate surface area is 142 Å². The van der Waals surface area contributed by atoms with Crippen molar-refractivity contribution in [3.63, 3.8) is 0 Å². The van der Waals surface area contributed by atoms with Crippen LogP contribution in [0.25, 0.3) is 0 Å². The molecule has 1 aliphatic heterocycles. The molecular weight excluding hydrogens is 336 g/mol. The van der Waals surface area contributed by atoms with Crippen molar-refractivity contribution in [3.8, 4) is 0 Å². The van der Waals surface area contributed by atoms with Gasteiger partial charge in [0.2, 0.25) is 5.91 Å². The van der Waals surface area contributed by atoms with Crippen LogP contribution in [0.2, 0.25) is 4.34 Å². The molecule has 1 fully saturated rings. The first-order chi connectivity index (χ1) is 11.0. The molecule has 0 aliphatic carbocycles. The monoisotopic (exact) mass is 352 g/mol. The van der Waals surface area contributed by atoms with Gasteiger partial charge in [0.25, 0.3) is 5.91 Å². The molecule has 0 saturated carbocycles. The zero-order chi connectivity index (χ0) is 16.4. The second-order valence-electron chi connectivity index (χ2n) is 5.57. The number of piperidine rings is 1. The third-order valence-corrected chi connectivity index (χ3v) is 5.15. The van der Waals surface area contributed by atoms with Crippen LogP contribution >= 0.6 is 22.9 Å². The fraction of sp³-hybridized carbons (Fsp3) is 0.400. The van der Waals surface area contributed by atoms with Crippen LogP contribution in [0, 0.1) is 0 Å². The van der Waals surface area contributed by atoms with Gasteiger partial charge in [0.15, 0.2) is 0 Å². The SMILES string of the molecule is NC(=O)Cn1ccnc1[C@@H]1CCCN(C(=O)c2ccc(Cl)s2)C1. The van der Waals surface area contributed by atoms with Crippen LogP contribution in [0.1, 0.15) is 34.3 Å². The van der Waals surface area contributed by atoms with Crippen LogP contribution in [-0.2, 0) is 11.3 Å². The van der Waals surface area contributed by atoms with Crippen molar-refractivity contribution in [2.75, 3.05) is 13.1 Å². The summed E-state index contributed by atoms with van der Waals surface area (Å²) in [5.41, 5.74) is 5.27. The minimum absolute atomic E-state index is 0.000364. The quantitative estimate of drug-likeness (QED) is 0.914. The lowest BCUT2D eigenvalue weighted by Gasteiger charge is -2.32. The molecule has 122 valence electrons. The molecule has 3 heterocycles. The van der Waals surface area contributed by atoms with Crippen LogP contribution in [0.4, 0.5) is 0 Å². The van der Waals surface area contributed by atoms with Crippen LogP contribution in [0.3, 0.4) is 0 Å². The maximum absolute atomic E-state index is 12.6. The smallest absolute Gasteiger partial charge is 0.263 e. The second kappa shape index (κ2) is 6.72. The third kappa shape index (κ3) is 3.56. The van der Waals surface area contributed by atoms with Crippen LogP contribution in [-0.4, -0.2) is 39.4 Å². The Bertz CT molecular complexity index is 727. The number of primary amides is 1. The summed E-state index contributed by atoms with van der Waals surface area (Å²) in [5.74, 6) is 0.517. The highest BCUT2D eigenvalue weighted by Gasteiger charge is 2.28. The number of imidazole rings is 1. The minimum Gasteiger partial charge on any atom is -0.368 e. The Morgan fingerprint density at radius 3 is 2.96 bits per heavy atom. The van der Waals surface area contributed by atoms with E-state index in [0.717, 1.165) is 25.2 Å². The molecule has 8 heteroatoms. The van der Waals surface area contributed by atoms with E-state index in [4.69, 9.17) is 17.3 Å². The van der Waals surface area contributed by atoms with Crippen molar-refractivity contribution in [1.82, 2.24) is 14.5 Å². The summed E-state index contributed by atoms with van der Waals surface area (Å²) in [4.78, 5) is 30.6. The molecule has 0 radical (unpaired) electrons. The molecule has 0 aromatic carbocycles. The Morgan fingerprint density at radius 2 is 2.26 bits per heavy atom. The van der Waals surface area contributed by atoms with E-state index in [9.17, 15) is 9.59 Å². The maximum atomic E-state index is 12.6. The van der Waals surface area contributed by atoms with Crippen molar-refractivity contribution >= 4 is 34.8 Å². The molecule has 0 bridgehead atoms. The number of thiophene rings is 1. The van der Waals surface area contributed by atoms with Gasteiger partial charge in [-0.1, -0.05) is 11.6 Å². The predicted molar refractivity (Wildman–Crippen MR) is 88.6 cm³/mol. The van der Waals surface area contributed by atoms with Gasteiger partial charge in [-0.15, -0.1) is 11.3 Å². The lowest BCUT2D eigenvalue weighted by atomic mass is 9.97. The molecule has 2 N–H and O–H groups in total. The first-order valence-electron chi connectivity index (χ1n) is 7.38. The van der Waals surface area contributed by atoms with E-state index in [1.807, 2.05) is 4.90 Å². The van der Waals surface area contributed by atoms with Gasteiger partial charge in [-0.05, 0) is 25.0 Å². The number of amides is 2. The predicted octanol–water partition coefficient (Wildman–Crippen LogP) is 2.10. The molecule has 0 unspecified atom stereocenters. The molecule has 2 aromatic rings. The zero-order valence-electron chi connectivity index (χ0n) is 12.4. The van der Waals surface area contributed by atoms with Crippen molar-refractivity contribution in [2.45, 2.75) is 25.3 Å². The van der Waals surface area contributed by atoms with E-state index in [1.54, 1.807) is 29.1 Å². The highest BCUT2D eigenvalue weighted by molar-refractivity contribution is 7.17. The number of hydrogen-bond donors (Lipinski definition) is 1. The van der Waals surface area contributed by atoms with Crippen molar-refractivity contribution < 1.29 is 9.59 Å². The Hall–Kier alpha value is -1.86. The minimum atomic E-state index is -0.402. The highest BCUT2D eigenvalue weighted by Crippen LogP contribution is 2.29. The number of nitrogens with two attached hydrogens (primary N) is 1. The molecule has 1 atom stereocenters. The van der Waals surface area contributed by atoms with Gasteiger partial charge < -0.3 is 15.2 Å². The Kier molecular flexibility index (Phi) is 4.68. The molecular formula is C15H17ClN4O2S. The summed E-state index contributed by atoms with van der Waals surface area (Å²) in [5, 5.41) is 0. The topological polar surface area (TPSA) is 81.2 Å². The summed E-state index contributed by atoms with van der Waals surface area (Å²) in [6.07, 6.45) is 5.25. The lowest BCUT2D eigenvalue weighted by molar-refractivity contribution is -0.118. The molecule has 1 aliphatic rings. The van der Waals surface area contributed by atoms with Gasteiger partial charge in [0, 0.05) is 31.4 Å². The van der Waals surface area contributed by atoms with Gasteiger partial charge in [-0.3, -0.25) is 9.59 Å². The number of likely N-dealkylation sites (tertiary alicyclic amines) is 1. The van der Waals surface area contributed by atoms with E-state index in [0.29, 0.717) is 15.8 Å². The van der Waals surface area contributed by atoms with Crippen LogP contribution < -0.4 is 5.73 Å². The standard InChI is InChI=1S/C15H17ClN4O2S/c16-12-4-3-11(23-12)15(22)20-6-1-2-10(8-20)14-18-5-7-19(14)9-13(17)21/h3-5,7,10H,1-2,6,8-9H2,(H2,17,21)/t10-/m1/s1. The number of halogens is 1. The largest absolute Gasteiger partial charge is 0.368 e. The van der Waals surface area contributed by atoms with Crippen molar-refractivity contribution in [2.24, 2.45) is 5.73 Å². The average molecular weight is 353 g/mol. The number of rotatable bonds is 4. The van der Waals surface area contributed by atoms with E-state index in [2.05, 4.69) is 4.98 Å². The number of nitrogens with zero attached hydrogens (tertiary/aromatic N) is 3. The normalized spacial score (nSPS) is 18.1. The fourth-order valence-corrected chi connectivity index (χ4v) is 3.95. The summed E-state index contributed by atoms with van der Waals surface area (Å²) >= 11 is 7.21. The number of hydrogen-bond acceptors (Lipinski definition) is 4. The Balaban J connectivity index is 1.75. The van der Waals surface area contributed by atoms with Gasteiger partial charge in [-0.2, -0.15) is 0 Å². The van der Waals surface area contributed by atoms with E-state index >= 15 is 0 Å². The molecule has 0 spiro atoms. The average Bonchev–Trinajstić information content (AvgIpc) is 3.15. The van der Waals surface area contributed by atoms with Gasteiger partial charge >= 0.3 is 0 Å². The molecule has 6 nitrogen and oxygen atoms in total. The summed E-state index contributed by atoms with van der Waals surface area (Å²) in [7, 11) is 0. The van der Waals surface area contributed by atoms with Crippen molar-refractivity contribution in [1.29, 1.82) is 0 Å². The van der Waals surface area contributed by atoms with Crippen LogP contribution in [0.15, 0.2) is 24.5 Å². The first kappa shape index (κ1) is 16.0. The first-order valence-corrected chi connectivity index (χ1v) is 8.58. The number of carbonyl (C=O) groups is 2. The van der Waals surface area contributed by atoms with E-state index < -0.39 is 5.91 Å². The summed E-state index contributed by atoms with van der Waals surface area (Å²) < 4.78 is 2.38. The molecule has 3 rings (SSSR count). The van der Waals surface area contributed by atoms with E-state index in [-0.39, 0.29) is 18.4 Å². The zero-order valence-corrected chi connectivity index (χ0v) is 14.0. The molecule has 23 heavy (non-hydrogen) atoms. The second-order valence-corrected chi connectivity index (χ2v) is 7.29. The highest BCUT2D eigenvalue weighted by atomic mass is 35.5. The summed E-state index contributed by atoms with van der Waals surface area (Å²) in [6, 6.07) is 3.49. The van der Waals surface area contributed by atoms with E-state index in [1.165, 1.54) is 11.3 Å². The molecule has 1 saturated heterocycles. The third-order valence-electron chi connectivity index (χ3n) is 3.93.